The summed E-state index contributed by atoms with van der Waals surface area (Å²) in [5.74, 6) is 0. The summed E-state index contributed by atoms with van der Waals surface area (Å²) in [5, 5.41) is 2.85. The largest absolute Gasteiger partial charge is 0.416 e. The second kappa shape index (κ2) is 10.5. The maximum Gasteiger partial charge on any atom is 0.416 e. The first-order chi connectivity index (χ1) is 18.0. The summed E-state index contributed by atoms with van der Waals surface area (Å²) in [4.78, 5) is 0. The van der Waals surface area contributed by atoms with Crippen LogP contribution in [0.4, 0.5) is 52.7 Å². The standard InChI is InChI=1S/C25H25F12NOSi/c1-4-40(2,3)39-21(20-6-5-7-38-20,14-8-16(22(26,27)28)12-17(9-14)23(29,30)31)15-10-18(24(32,33)34)13-19(11-15)25(35,36)37/h8-13,20,38H,4-7H2,1-3H3/t20-/m1/s1. The van der Waals surface area contributed by atoms with Crippen LogP contribution in [-0.2, 0) is 34.7 Å². The first-order valence-corrected chi connectivity index (χ1v) is 15.2. The first-order valence-electron chi connectivity index (χ1n) is 12.0. The van der Waals surface area contributed by atoms with Crippen LogP contribution in [-0.4, -0.2) is 20.9 Å². The minimum atomic E-state index is -5.33. The fraction of sp³-hybridized carbons (Fsp3) is 0.520. The first kappa shape index (κ1) is 32.3. The molecule has 0 unspecified atom stereocenters. The molecule has 3 rings (SSSR count). The van der Waals surface area contributed by atoms with Crippen molar-refractivity contribution in [3.8, 4) is 0 Å². The van der Waals surface area contributed by atoms with Gasteiger partial charge in [-0.05, 0) is 86.0 Å². The van der Waals surface area contributed by atoms with Crippen molar-refractivity contribution in [3.05, 3.63) is 69.8 Å². The van der Waals surface area contributed by atoms with Gasteiger partial charge in [-0.15, -0.1) is 0 Å². The molecule has 40 heavy (non-hydrogen) atoms. The molecule has 1 atom stereocenters. The average Bonchev–Trinajstić information content (AvgIpc) is 3.35. The molecule has 0 aromatic heterocycles. The van der Waals surface area contributed by atoms with Gasteiger partial charge in [-0.1, -0.05) is 6.92 Å². The summed E-state index contributed by atoms with van der Waals surface area (Å²) in [6.07, 6.45) is -21.0. The van der Waals surface area contributed by atoms with Gasteiger partial charge >= 0.3 is 24.7 Å². The molecule has 1 heterocycles. The van der Waals surface area contributed by atoms with Gasteiger partial charge in [0.15, 0.2) is 8.32 Å². The van der Waals surface area contributed by atoms with Crippen LogP contribution < -0.4 is 5.32 Å². The van der Waals surface area contributed by atoms with E-state index in [4.69, 9.17) is 4.43 Å². The fourth-order valence-electron chi connectivity index (χ4n) is 4.64. The molecule has 2 aromatic rings. The third kappa shape index (κ3) is 6.78. The number of halogens is 12. The molecule has 0 spiro atoms. The fourth-order valence-corrected chi connectivity index (χ4v) is 6.03. The van der Waals surface area contributed by atoms with Gasteiger partial charge in [0.05, 0.1) is 22.3 Å². The van der Waals surface area contributed by atoms with Gasteiger partial charge < -0.3 is 9.74 Å². The van der Waals surface area contributed by atoms with E-state index in [1.165, 1.54) is 13.1 Å². The van der Waals surface area contributed by atoms with E-state index < -0.39 is 78.0 Å². The van der Waals surface area contributed by atoms with E-state index in [-0.39, 0.29) is 31.1 Å². The monoisotopic (exact) mass is 611 g/mol. The third-order valence-corrected chi connectivity index (χ3v) is 9.45. The van der Waals surface area contributed by atoms with E-state index in [1.807, 2.05) is 0 Å². The number of benzene rings is 2. The van der Waals surface area contributed by atoms with Crippen LogP contribution in [0.15, 0.2) is 36.4 Å². The average molecular weight is 612 g/mol. The van der Waals surface area contributed by atoms with Crippen LogP contribution in [0, 0.1) is 0 Å². The Labute approximate surface area is 222 Å². The molecule has 0 amide bonds. The minimum Gasteiger partial charge on any atom is -0.402 e. The van der Waals surface area contributed by atoms with Crippen LogP contribution in [0.25, 0.3) is 0 Å². The molecule has 0 bridgehead atoms. The molecule has 1 aliphatic rings. The highest BCUT2D eigenvalue weighted by atomic mass is 28.4. The summed E-state index contributed by atoms with van der Waals surface area (Å²) in [5.41, 5.74) is -11.4. The van der Waals surface area contributed by atoms with Crippen molar-refractivity contribution >= 4 is 8.32 Å². The molecular weight excluding hydrogens is 586 g/mol. The van der Waals surface area contributed by atoms with Crippen LogP contribution in [0.1, 0.15) is 53.1 Å². The summed E-state index contributed by atoms with van der Waals surface area (Å²) < 4.78 is 172. The van der Waals surface area contributed by atoms with Gasteiger partial charge in [0, 0.05) is 6.04 Å². The Morgan fingerprint density at radius 3 is 1.23 bits per heavy atom. The number of rotatable bonds is 6. The van der Waals surface area contributed by atoms with Crippen molar-refractivity contribution in [1.82, 2.24) is 5.32 Å². The van der Waals surface area contributed by atoms with Gasteiger partial charge in [0.2, 0.25) is 0 Å². The quantitative estimate of drug-likeness (QED) is 0.260. The number of alkyl halides is 12. The predicted molar refractivity (Wildman–Crippen MR) is 124 cm³/mol. The normalized spacial score (nSPS) is 17.9. The van der Waals surface area contributed by atoms with E-state index in [0.29, 0.717) is 30.7 Å². The number of hydrogen-bond acceptors (Lipinski definition) is 2. The zero-order chi connectivity index (χ0) is 30.5. The molecule has 0 aliphatic carbocycles. The Hall–Kier alpha value is -2.26. The van der Waals surface area contributed by atoms with E-state index >= 15 is 0 Å². The molecule has 1 saturated heterocycles. The van der Waals surface area contributed by atoms with Crippen LogP contribution in [0.3, 0.4) is 0 Å². The molecule has 1 N–H and O–H groups in total. The Balaban J connectivity index is 2.58. The summed E-state index contributed by atoms with van der Waals surface area (Å²) >= 11 is 0. The lowest BCUT2D eigenvalue weighted by Crippen LogP contribution is -2.54. The van der Waals surface area contributed by atoms with Gasteiger partial charge in [-0.2, -0.15) is 52.7 Å². The molecule has 15 heteroatoms. The lowest BCUT2D eigenvalue weighted by molar-refractivity contribution is -0.144. The Kier molecular flexibility index (Phi) is 8.49. The molecule has 1 aliphatic heterocycles. The van der Waals surface area contributed by atoms with E-state index in [2.05, 4.69) is 5.32 Å². The van der Waals surface area contributed by atoms with Crippen LogP contribution in [0.5, 0.6) is 0 Å². The Bertz CT molecular complexity index is 1070. The van der Waals surface area contributed by atoms with Gasteiger partial charge in [0.1, 0.15) is 5.60 Å². The second-order valence-electron chi connectivity index (χ2n) is 10.2. The molecule has 2 nitrogen and oxygen atoms in total. The highest BCUT2D eigenvalue weighted by Gasteiger charge is 2.51. The van der Waals surface area contributed by atoms with E-state index in [1.54, 1.807) is 6.92 Å². The lowest BCUT2D eigenvalue weighted by Gasteiger charge is -2.46. The molecular formula is C25H25F12NOSi. The zero-order valence-corrected chi connectivity index (χ0v) is 22.3. The summed E-state index contributed by atoms with van der Waals surface area (Å²) in [6, 6.07) is -0.146. The van der Waals surface area contributed by atoms with Crippen molar-refractivity contribution in [1.29, 1.82) is 0 Å². The smallest absolute Gasteiger partial charge is 0.402 e. The zero-order valence-electron chi connectivity index (χ0n) is 21.3. The van der Waals surface area contributed by atoms with Gasteiger partial charge in [-0.3, -0.25) is 0 Å². The lowest BCUT2D eigenvalue weighted by atomic mass is 9.77. The van der Waals surface area contributed by atoms with Crippen molar-refractivity contribution in [2.45, 2.75) is 75.3 Å². The molecule has 0 saturated carbocycles. The molecule has 224 valence electrons. The number of hydrogen-bond donors (Lipinski definition) is 1. The third-order valence-electron chi connectivity index (χ3n) is 6.87. The second-order valence-corrected chi connectivity index (χ2v) is 14.6. The van der Waals surface area contributed by atoms with Crippen LogP contribution >= 0.6 is 0 Å². The summed E-state index contributed by atoms with van der Waals surface area (Å²) in [7, 11) is -3.16. The van der Waals surface area contributed by atoms with Crippen molar-refractivity contribution in [2.75, 3.05) is 6.54 Å². The maximum absolute atomic E-state index is 13.8. The highest BCUT2D eigenvalue weighted by Crippen LogP contribution is 2.49. The van der Waals surface area contributed by atoms with E-state index in [9.17, 15) is 52.7 Å². The van der Waals surface area contributed by atoms with Gasteiger partial charge in [-0.25, -0.2) is 0 Å². The Morgan fingerprint density at radius 2 is 0.975 bits per heavy atom. The van der Waals surface area contributed by atoms with Crippen LogP contribution in [0.2, 0.25) is 19.1 Å². The highest BCUT2D eigenvalue weighted by molar-refractivity contribution is 6.71. The minimum absolute atomic E-state index is 0.0105. The Morgan fingerprint density at radius 1 is 0.650 bits per heavy atom. The molecule has 2 aromatic carbocycles. The SMILES string of the molecule is CC[Si](C)(C)OC(c1cc(C(F)(F)F)cc(C(F)(F)F)c1)(c1cc(C(F)(F)F)cc(C(F)(F)F)c1)[C@H]1CCCN1. The van der Waals surface area contributed by atoms with Crippen molar-refractivity contribution in [3.63, 3.8) is 0 Å². The number of nitrogens with one attached hydrogen (secondary N) is 1. The predicted octanol–water partition coefficient (Wildman–Crippen LogP) is 9.00. The molecule has 1 fully saturated rings. The van der Waals surface area contributed by atoms with Crippen molar-refractivity contribution in [2.24, 2.45) is 0 Å². The maximum atomic E-state index is 13.8. The van der Waals surface area contributed by atoms with Gasteiger partial charge in [0.25, 0.3) is 0 Å². The topological polar surface area (TPSA) is 21.3 Å². The molecule has 0 radical (unpaired) electrons. The van der Waals surface area contributed by atoms with Crippen molar-refractivity contribution < 1.29 is 57.1 Å². The van der Waals surface area contributed by atoms with E-state index in [0.717, 1.165) is 0 Å². The summed E-state index contributed by atoms with van der Waals surface area (Å²) in [6.45, 7) is 4.79.